The molecule has 2 rings (SSSR count). The third-order valence-corrected chi connectivity index (χ3v) is 3.20. The summed E-state index contributed by atoms with van der Waals surface area (Å²) in [5, 5.41) is 12.5. The fourth-order valence-corrected chi connectivity index (χ4v) is 2.26. The zero-order valence-corrected chi connectivity index (χ0v) is 11.2. The zero-order valence-electron chi connectivity index (χ0n) is 10.4. The number of nitrogens with one attached hydrogen (secondary N) is 1. The van der Waals surface area contributed by atoms with Gasteiger partial charge in [0.25, 0.3) is 0 Å². The molecule has 0 unspecified atom stereocenters. The van der Waals surface area contributed by atoms with Crippen molar-refractivity contribution in [3.05, 3.63) is 41.0 Å². The van der Waals surface area contributed by atoms with Crippen LogP contribution in [0.4, 0.5) is 5.00 Å². The maximum atomic E-state index is 10.8. The van der Waals surface area contributed by atoms with E-state index in [4.69, 9.17) is 9.84 Å². The summed E-state index contributed by atoms with van der Waals surface area (Å²) >= 11 is 1.27. The van der Waals surface area contributed by atoms with Crippen molar-refractivity contribution in [2.45, 2.75) is 6.92 Å². The predicted octanol–water partition coefficient (Wildman–Crippen LogP) is 2.64. The molecule has 1 aromatic carbocycles. The summed E-state index contributed by atoms with van der Waals surface area (Å²) in [5.74, 6) is -0.215. The number of hydrogen-bond donors (Lipinski definition) is 2. The zero-order chi connectivity index (χ0) is 13.7. The number of anilines is 1. The molecule has 0 fully saturated rings. The van der Waals surface area contributed by atoms with Crippen LogP contribution in [0.25, 0.3) is 0 Å². The van der Waals surface area contributed by atoms with Gasteiger partial charge in [-0.2, -0.15) is 0 Å². The van der Waals surface area contributed by atoms with Gasteiger partial charge in [0.1, 0.15) is 17.4 Å². The van der Waals surface area contributed by atoms with Gasteiger partial charge in [0, 0.05) is 6.54 Å². The monoisotopic (exact) mass is 278 g/mol. The first kappa shape index (κ1) is 13.4. The highest BCUT2D eigenvalue weighted by Crippen LogP contribution is 2.19. The van der Waals surface area contributed by atoms with Crippen molar-refractivity contribution < 1.29 is 14.6 Å². The number of aromatic carboxylic acids is 1. The molecule has 0 aliphatic rings. The number of nitrogens with zero attached hydrogens (tertiary/aromatic N) is 1. The maximum Gasteiger partial charge on any atom is 0.357 e. The van der Waals surface area contributed by atoms with Crippen molar-refractivity contribution in [3.63, 3.8) is 0 Å². The van der Waals surface area contributed by atoms with Crippen LogP contribution in [-0.2, 0) is 0 Å². The van der Waals surface area contributed by atoms with Crippen LogP contribution < -0.4 is 10.1 Å². The first-order chi connectivity index (χ1) is 9.16. The number of carboxylic acid groups (broad SMARTS) is 1. The lowest BCUT2D eigenvalue weighted by molar-refractivity contribution is 0.0692. The Morgan fingerprint density at radius 3 is 3.11 bits per heavy atom. The van der Waals surface area contributed by atoms with E-state index in [2.05, 4.69) is 10.3 Å². The predicted molar refractivity (Wildman–Crippen MR) is 74.2 cm³/mol. The molecule has 0 atom stereocenters. The highest BCUT2D eigenvalue weighted by Gasteiger charge is 2.12. The van der Waals surface area contributed by atoms with Crippen LogP contribution in [-0.4, -0.2) is 29.2 Å². The third-order valence-electron chi connectivity index (χ3n) is 2.42. The lowest BCUT2D eigenvalue weighted by Gasteiger charge is -2.08. The number of carbonyl (C=O) groups is 1. The van der Waals surface area contributed by atoms with Crippen molar-refractivity contribution in [3.8, 4) is 5.75 Å². The number of benzene rings is 1. The molecule has 0 spiro atoms. The second kappa shape index (κ2) is 6.19. The summed E-state index contributed by atoms with van der Waals surface area (Å²) in [6.07, 6.45) is 0. The summed E-state index contributed by atoms with van der Waals surface area (Å²) in [6, 6.07) is 7.78. The van der Waals surface area contributed by atoms with Gasteiger partial charge in [-0.15, -0.1) is 11.3 Å². The minimum absolute atomic E-state index is 0.0561. The SMILES string of the molecule is Cc1cccc(OCCNc2scnc2C(=O)O)c1. The molecule has 0 amide bonds. The quantitative estimate of drug-likeness (QED) is 0.795. The van der Waals surface area contributed by atoms with E-state index in [1.54, 1.807) is 0 Å². The number of ether oxygens (including phenoxy) is 1. The largest absolute Gasteiger partial charge is 0.492 e. The fraction of sp³-hybridized carbons (Fsp3) is 0.231. The van der Waals surface area contributed by atoms with E-state index in [9.17, 15) is 4.79 Å². The molecular weight excluding hydrogens is 264 g/mol. The number of thiazole rings is 1. The van der Waals surface area contributed by atoms with Gasteiger partial charge in [-0.1, -0.05) is 12.1 Å². The van der Waals surface area contributed by atoms with Crippen molar-refractivity contribution in [2.24, 2.45) is 0 Å². The van der Waals surface area contributed by atoms with Crippen molar-refractivity contribution in [1.29, 1.82) is 0 Å². The summed E-state index contributed by atoms with van der Waals surface area (Å²) in [7, 11) is 0. The first-order valence-electron chi connectivity index (χ1n) is 5.77. The molecule has 2 N–H and O–H groups in total. The molecule has 0 bridgehead atoms. The average molecular weight is 278 g/mol. The number of carboxylic acids is 1. The topological polar surface area (TPSA) is 71.5 Å². The van der Waals surface area contributed by atoms with E-state index in [0.29, 0.717) is 18.2 Å². The van der Waals surface area contributed by atoms with E-state index in [0.717, 1.165) is 11.3 Å². The molecule has 0 saturated carbocycles. The molecule has 1 aromatic heterocycles. The number of rotatable bonds is 6. The molecule has 0 aliphatic carbocycles. The van der Waals surface area contributed by atoms with Crippen molar-refractivity contribution >= 4 is 22.3 Å². The highest BCUT2D eigenvalue weighted by atomic mass is 32.1. The average Bonchev–Trinajstić information content (AvgIpc) is 2.83. The van der Waals surface area contributed by atoms with Gasteiger partial charge in [-0.05, 0) is 24.6 Å². The molecular formula is C13H14N2O3S. The van der Waals surface area contributed by atoms with Gasteiger partial charge < -0.3 is 15.2 Å². The maximum absolute atomic E-state index is 10.8. The third kappa shape index (κ3) is 3.69. The number of aryl methyl sites for hydroxylation is 1. The van der Waals surface area contributed by atoms with Gasteiger partial charge in [0.05, 0.1) is 5.51 Å². The highest BCUT2D eigenvalue weighted by molar-refractivity contribution is 7.14. The molecule has 5 nitrogen and oxygen atoms in total. The molecule has 19 heavy (non-hydrogen) atoms. The van der Waals surface area contributed by atoms with E-state index in [1.165, 1.54) is 16.8 Å². The first-order valence-corrected chi connectivity index (χ1v) is 6.65. The Bertz CT molecular complexity index is 569. The Balaban J connectivity index is 1.81. The van der Waals surface area contributed by atoms with E-state index >= 15 is 0 Å². The van der Waals surface area contributed by atoms with Crippen LogP contribution in [0.3, 0.4) is 0 Å². The molecule has 1 heterocycles. The normalized spacial score (nSPS) is 10.2. The minimum Gasteiger partial charge on any atom is -0.492 e. The summed E-state index contributed by atoms with van der Waals surface area (Å²) < 4.78 is 5.56. The van der Waals surface area contributed by atoms with Crippen molar-refractivity contribution in [2.75, 3.05) is 18.5 Å². The van der Waals surface area contributed by atoms with Gasteiger partial charge in [0.2, 0.25) is 0 Å². The van der Waals surface area contributed by atoms with Gasteiger partial charge in [-0.25, -0.2) is 9.78 Å². The standard InChI is InChI=1S/C13H14N2O3S/c1-9-3-2-4-10(7-9)18-6-5-14-12-11(13(16)17)15-8-19-12/h2-4,7-8,14H,5-6H2,1H3,(H,16,17). The molecule has 2 aromatic rings. The Hall–Kier alpha value is -2.08. The van der Waals surface area contributed by atoms with Crippen molar-refractivity contribution in [1.82, 2.24) is 4.98 Å². The van der Waals surface area contributed by atoms with Crippen LogP contribution in [0.15, 0.2) is 29.8 Å². The van der Waals surface area contributed by atoms with E-state index < -0.39 is 5.97 Å². The van der Waals surface area contributed by atoms with Crippen LogP contribution in [0.5, 0.6) is 5.75 Å². The fourth-order valence-electron chi connectivity index (χ4n) is 1.56. The summed E-state index contributed by atoms with van der Waals surface area (Å²) in [4.78, 5) is 14.6. The van der Waals surface area contributed by atoms with Gasteiger partial charge in [-0.3, -0.25) is 0 Å². The summed E-state index contributed by atoms with van der Waals surface area (Å²) in [5.41, 5.74) is 2.70. The van der Waals surface area contributed by atoms with E-state index in [-0.39, 0.29) is 5.69 Å². The number of hydrogen-bond acceptors (Lipinski definition) is 5. The Labute approximate surface area is 114 Å². The van der Waals surface area contributed by atoms with Gasteiger partial charge in [0.15, 0.2) is 5.69 Å². The molecule has 0 saturated heterocycles. The smallest absolute Gasteiger partial charge is 0.357 e. The lowest BCUT2D eigenvalue weighted by Crippen LogP contribution is -2.12. The minimum atomic E-state index is -1.02. The second-order valence-corrected chi connectivity index (χ2v) is 4.78. The number of aromatic nitrogens is 1. The molecule has 0 aliphatic heterocycles. The van der Waals surface area contributed by atoms with Crippen LogP contribution >= 0.6 is 11.3 Å². The Morgan fingerprint density at radius 2 is 2.37 bits per heavy atom. The Morgan fingerprint density at radius 1 is 1.53 bits per heavy atom. The molecule has 100 valence electrons. The van der Waals surface area contributed by atoms with E-state index in [1.807, 2.05) is 31.2 Å². The Kier molecular flexibility index (Phi) is 4.35. The van der Waals surface area contributed by atoms with Crippen LogP contribution in [0.1, 0.15) is 16.1 Å². The van der Waals surface area contributed by atoms with Gasteiger partial charge >= 0.3 is 5.97 Å². The van der Waals surface area contributed by atoms with Crippen LogP contribution in [0.2, 0.25) is 0 Å². The lowest BCUT2D eigenvalue weighted by atomic mass is 10.2. The second-order valence-electron chi connectivity index (χ2n) is 3.93. The molecule has 0 radical (unpaired) electrons. The molecule has 6 heteroatoms. The summed E-state index contributed by atoms with van der Waals surface area (Å²) in [6.45, 7) is 2.98. The van der Waals surface area contributed by atoms with Crippen LogP contribution in [0, 0.1) is 6.92 Å².